The second-order valence-corrected chi connectivity index (χ2v) is 7.97. The van der Waals surface area contributed by atoms with E-state index in [-0.39, 0.29) is 29.0 Å². The van der Waals surface area contributed by atoms with Crippen LogP contribution in [0, 0.1) is 5.92 Å². The van der Waals surface area contributed by atoms with Gasteiger partial charge < -0.3 is 9.73 Å². The predicted molar refractivity (Wildman–Crippen MR) is 87.9 cm³/mol. The molecule has 1 aromatic carbocycles. The number of carbonyl (C=O) groups excluding carboxylic acids is 1. The van der Waals surface area contributed by atoms with Gasteiger partial charge >= 0.3 is 0 Å². The number of rotatable bonds is 6. The molecule has 1 amide bonds. The van der Waals surface area contributed by atoms with E-state index in [0.717, 1.165) is 0 Å². The monoisotopic (exact) mass is 355 g/mol. The minimum atomic E-state index is -3.73. The van der Waals surface area contributed by atoms with Crippen LogP contribution in [0.1, 0.15) is 24.9 Å². The first kappa shape index (κ1) is 17.6. The van der Waals surface area contributed by atoms with Crippen molar-refractivity contribution >= 4 is 27.3 Å². The number of halogens is 1. The molecule has 1 aromatic heterocycles. The standard InChI is InChI=1S/C16H18ClNO4S/c1-11(2)16(19)18-10-15(14-4-3-9-22-14)23(20,21)13-7-5-12(17)6-8-13/h3-9,11,15H,10H2,1-2H3,(H,18,19). The van der Waals surface area contributed by atoms with Gasteiger partial charge in [-0.3, -0.25) is 4.79 Å². The Bertz CT molecular complexity index is 752. The molecule has 0 bridgehead atoms. The first-order valence-corrected chi connectivity index (χ1v) is 9.05. The molecule has 1 unspecified atom stereocenters. The Morgan fingerprint density at radius 3 is 2.39 bits per heavy atom. The van der Waals surface area contributed by atoms with Crippen molar-refractivity contribution in [2.24, 2.45) is 5.92 Å². The lowest BCUT2D eigenvalue weighted by Crippen LogP contribution is -2.34. The van der Waals surface area contributed by atoms with Gasteiger partial charge in [-0.25, -0.2) is 8.42 Å². The molecule has 2 aromatic rings. The highest BCUT2D eigenvalue weighted by atomic mass is 35.5. The van der Waals surface area contributed by atoms with Crippen LogP contribution < -0.4 is 5.32 Å². The summed E-state index contributed by atoms with van der Waals surface area (Å²) in [4.78, 5) is 11.9. The molecule has 5 nitrogen and oxygen atoms in total. The Balaban J connectivity index is 2.33. The summed E-state index contributed by atoms with van der Waals surface area (Å²) < 4.78 is 31.0. The second-order valence-electron chi connectivity index (χ2n) is 5.40. The highest BCUT2D eigenvalue weighted by Gasteiger charge is 2.32. The van der Waals surface area contributed by atoms with Crippen molar-refractivity contribution in [3.8, 4) is 0 Å². The summed E-state index contributed by atoms with van der Waals surface area (Å²) in [6.07, 6.45) is 1.41. The fourth-order valence-electron chi connectivity index (χ4n) is 2.02. The van der Waals surface area contributed by atoms with Crippen LogP contribution in [-0.2, 0) is 14.6 Å². The number of benzene rings is 1. The maximum atomic E-state index is 12.9. The highest BCUT2D eigenvalue weighted by Crippen LogP contribution is 2.29. The van der Waals surface area contributed by atoms with Crippen LogP contribution in [0.2, 0.25) is 5.02 Å². The molecule has 0 aliphatic carbocycles. The van der Waals surface area contributed by atoms with Crippen LogP contribution in [0.25, 0.3) is 0 Å². The Kier molecular flexibility index (Phi) is 5.49. The van der Waals surface area contributed by atoms with Gasteiger partial charge in [0.15, 0.2) is 9.84 Å². The van der Waals surface area contributed by atoms with E-state index in [1.807, 2.05) is 0 Å². The molecule has 0 aliphatic rings. The van der Waals surface area contributed by atoms with Gasteiger partial charge in [-0.2, -0.15) is 0 Å². The highest BCUT2D eigenvalue weighted by molar-refractivity contribution is 7.91. The quantitative estimate of drug-likeness (QED) is 0.863. The lowest BCUT2D eigenvalue weighted by molar-refractivity contribution is -0.123. The molecule has 0 radical (unpaired) electrons. The molecule has 0 saturated heterocycles. The third-order valence-corrected chi connectivity index (χ3v) is 5.69. The van der Waals surface area contributed by atoms with E-state index in [1.54, 1.807) is 26.0 Å². The molecule has 7 heteroatoms. The first-order chi connectivity index (χ1) is 10.8. The van der Waals surface area contributed by atoms with E-state index in [9.17, 15) is 13.2 Å². The van der Waals surface area contributed by atoms with Crippen molar-refractivity contribution in [3.63, 3.8) is 0 Å². The second kappa shape index (κ2) is 7.19. The maximum Gasteiger partial charge on any atom is 0.222 e. The summed E-state index contributed by atoms with van der Waals surface area (Å²) in [6.45, 7) is 3.42. The lowest BCUT2D eigenvalue weighted by Gasteiger charge is -2.17. The van der Waals surface area contributed by atoms with Crippen molar-refractivity contribution in [2.75, 3.05) is 6.54 Å². The largest absolute Gasteiger partial charge is 0.468 e. The number of amides is 1. The molecule has 2 rings (SSSR count). The van der Waals surface area contributed by atoms with Crippen LogP contribution in [0.15, 0.2) is 52.0 Å². The van der Waals surface area contributed by atoms with Crippen molar-refractivity contribution in [1.29, 1.82) is 0 Å². The van der Waals surface area contributed by atoms with E-state index in [2.05, 4.69) is 5.32 Å². The molecule has 0 aliphatic heterocycles. The summed E-state index contributed by atoms with van der Waals surface area (Å²) in [5, 5.41) is 2.11. The summed E-state index contributed by atoms with van der Waals surface area (Å²) >= 11 is 5.81. The molecule has 1 N–H and O–H groups in total. The van der Waals surface area contributed by atoms with Gasteiger partial charge in [0, 0.05) is 17.5 Å². The van der Waals surface area contributed by atoms with Crippen molar-refractivity contribution < 1.29 is 17.6 Å². The van der Waals surface area contributed by atoms with Gasteiger partial charge in [-0.15, -0.1) is 0 Å². The zero-order chi connectivity index (χ0) is 17.0. The summed E-state index contributed by atoms with van der Waals surface area (Å²) in [5.41, 5.74) is 0. The minimum Gasteiger partial charge on any atom is -0.468 e. The van der Waals surface area contributed by atoms with Gasteiger partial charge in [0.05, 0.1) is 11.2 Å². The summed E-state index contributed by atoms with van der Waals surface area (Å²) in [5.74, 6) is -0.164. The molecule has 124 valence electrons. The van der Waals surface area contributed by atoms with Crippen LogP contribution in [0.4, 0.5) is 0 Å². The molecular formula is C16H18ClNO4S. The molecule has 0 spiro atoms. The fraction of sp³-hybridized carbons (Fsp3) is 0.312. The molecular weight excluding hydrogens is 338 g/mol. The summed E-state index contributed by atoms with van der Waals surface area (Å²) in [7, 11) is -3.73. The lowest BCUT2D eigenvalue weighted by atomic mass is 10.2. The van der Waals surface area contributed by atoms with Gasteiger partial charge in [0.25, 0.3) is 0 Å². The maximum absolute atomic E-state index is 12.9. The third kappa shape index (κ3) is 4.14. The van der Waals surface area contributed by atoms with Crippen molar-refractivity contribution in [1.82, 2.24) is 5.32 Å². The number of sulfone groups is 1. The predicted octanol–water partition coefficient (Wildman–Crippen LogP) is 3.22. The SMILES string of the molecule is CC(C)C(=O)NCC(c1ccco1)S(=O)(=O)c1ccc(Cl)cc1. The number of nitrogens with one attached hydrogen (secondary N) is 1. The normalized spacial score (nSPS) is 13.0. The van der Waals surface area contributed by atoms with E-state index < -0.39 is 15.1 Å². The number of carbonyl (C=O) groups is 1. The number of hydrogen-bond acceptors (Lipinski definition) is 4. The minimum absolute atomic E-state index is 0.0600. The summed E-state index contributed by atoms with van der Waals surface area (Å²) in [6, 6.07) is 9.11. The van der Waals surface area contributed by atoms with E-state index >= 15 is 0 Å². The van der Waals surface area contributed by atoms with Gasteiger partial charge in [0.1, 0.15) is 11.0 Å². The molecule has 0 saturated carbocycles. The Morgan fingerprint density at radius 1 is 1.22 bits per heavy atom. The molecule has 0 fully saturated rings. The van der Waals surface area contributed by atoms with Gasteiger partial charge in [0.2, 0.25) is 5.91 Å². The third-order valence-electron chi connectivity index (χ3n) is 3.36. The van der Waals surface area contributed by atoms with Crippen LogP contribution in [0.3, 0.4) is 0 Å². The van der Waals surface area contributed by atoms with Crippen LogP contribution >= 0.6 is 11.6 Å². The fourth-order valence-corrected chi connectivity index (χ4v) is 3.74. The average molecular weight is 356 g/mol. The zero-order valence-corrected chi connectivity index (χ0v) is 14.4. The molecule has 23 heavy (non-hydrogen) atoms. The topological polar surface area (TPSA) is 76.4 Å². The van der Waals surface area contributed by atoms with E-state index in [0.29, 0.717) is 5.02 Å². The van der Waals surface area contributed by atoms with Crippen molar-refractivity contribution in [3.05, 3.63) is 53.4 Å². The van der Waals surface area contributed by atoms with E-state index in [4.69, 9.17) is 16.0 Å². The Labute approximate surface area is 140 Å². The van der Waals surface area contributed by atoms with Gasteiger partial charge in [-0.05, 0) is 36.4 Å². The number of hydrogen-bond donors (Lipinski definition) is 1. The van der Waals surface area contributed by atoms with Crippen molar-refractivity contribution in [2.45, 2.75) is 24.0 Å². The Morgan fingerprint density at radius 2 is 1.87 bits per heavy atom. The van der Waals surface area contributed by atoms with Crippen LogP contribution in [-0.4, -0.2) is 20.9 Å². The first-order valence-electron chi connectivity index (χ1n) is 7.13. The Hall–Kier alpha value is -1.79. The molecule has 1 heterocycles. The smallest absolute Gasteiger partial charge is 0.222 e. The van der Waals surface area contributed by atoms with Gasteiger partial charge in [-0.1, -0.05) is 25.4 Å². The molecule has 1 atom stereocenters. The average Bonchev–Trinajstić information content (AvgIpc) is 3.01. The zero-order valence-electron chi connectivity index (χ0n) is 12.8. The number of furan rings is 1. The van der Waals surface area contributed by atoms with E-state index in [1.165, 1.54) is 30.5 Å². The van der Waals surface area contributed by atoms with Crippen LogP contribution in [0.5, 0.6) is 0 Å².